The van der Waals surface area contributed by atoms with Crippen LogP contribution in [0.4, 0.5) is 11.4 Å². The van der Waals surface area contributed by atoms with Gasteiger partial charge in [-0.1, -0.05) is 13.3 Å². The summed E-state index contributed by atoms with van der Waals surface area (Å²) in [5.74, 6) is 0. The maximum atomic E-state index is 5.19. The highest BCUT2D eigenvalue weighted by Crippen LogP contribution is 2.14. The molecule has 0 aliphatic carbocycles. The highest BCUT2D eigenvalue weighted by molar-refractivity contribution is 5.54. The van der Waals surface area contributed by atoms with Crippen LogP contribution in [0.15, 0.2) is 18.5 Å². The van der Waals surface area contributed by atoms with Gasteiger partial charge in [-0.2, -0.15) is 0 Å². The molecule has 1 aromatic heterocycles. The van der Waals surface area contributed by atoms with Gasteiger partial charge in [-0.3, -0.25) is 4.98 Å². The van der Waals surface area contributed by atoms with E-state index in [1.54, 1.807) is 13.3 Å². The lowest BCUT2D eigenvalue weighted by Crippen LogP contribution is -2.24. The van der Waals surface area contributed by atoms with Crippen LogP contribution in [0, 0.1) is 0 Å². The standard InChI is InChI=1S/C12H21N3O/c1-4-5-10(9-16-3)15-12-6-11(13-2)7-14-8-12/h6-8,10,13,15H,4-5,9H2,1-3H3. The maximum Gasteiger partial charge on any atom is 0.0664 e. The van der Waals surface area contributed by atoms with Gasteiger partial charge in [0.1, 0.15) is 0 Å². The number of pyridine rings is 1. The molecule has 0 saturated heterocycles. The van der Waals surface area contributed by atoms with E-state index in [0.717, 1.165) is 30.8 Å². The van der Waals surface area contributed by atoms with Crippen LogP contribution in [-0.4, -0.2) is 31.8 Å². The summed E-state index contributed by atoms with van der Waals surface area (Å²) in [6, 6.07) is 2.40. The number of nitrogens with one attached hydrogen (secondary N) is 2. The fourth-order valence-electron chi connectivity index (χ4n) is 1.64. The minimum Gasteiger partial charge on any atom is -0.387 e. The van der Waals surface area contributed by atoms with Crippen molar-refractivity contribution in [1.29, 1.82) is 0 Å². The minimum atomic E-state index is 0.351. The summed E-state index contributed by atoms with van der Waals surface area (Å²) >= 11 is 0. The molecule has 1 rings (SSSR count). The van der Waals surface area contributed by atoms with Crippen LogP contribution in [0.2, 0.25) is 0 Å². The Morgan fingerprint density at radius 3 is 2.75 bits per heavy atom. The van der Waals surface area contributed by atoms with Crippen LogP contribution in [0.5, 0.6) is 0 Å². The van der Waals surface area contributed by atoms with E-state index in [0.29, 0.717) is 6.04 Å². The number of nitrogens with zero attached hydrogens (tertiary/aromatic N) is 1. The third-order valence-electron chi connectivity index (χ3n) is 2.40. The van der Waals surface area contributed by atoms with Crippen molar-refractivity contribution in [2.24, 2.45) is 0 Å². The molecule has 0 fully saturated rings. The van der Waals surface area contributed by atoms with E-state index in [2.05, 4.69) is 22.5 Å². The maximum absolute atomic E-state index is 5.19. The van der Waals surface area contributed by atoms with E-state index in [4.69, 9.17) is 4.74 Å². The number of ether oxygens (including phenoxy) is 1. The SMILES string of the molecule is CCCC(COC)Nc1cncc(NC)c1. The molecule has 0 saturated carbocycles. The normalized spacial score (nSPS) is 12.2. The third-order valence-corrected chi connectivity index (χ3v) is 2.40. The van der Waals surface area contributed by atoms with Crippen molar-refractivity contribution < 1.29 is 4.74 Å². The van der Waals surface area contributed by atoms with Crippen molar-refractivity contribution in [3.8, 4) is 0 Å². The van der Waals surface area contributed by atoms with Crippen molar-refractivity contribution in [1.82, 2.24) is 4.98 Å². The van der Waals surface area contributed by atoms with Gasteiger partial charge >= 0.3 is 0 Å². The quantitative estimate of drug-likeness (QED) is 0.745. The molecule has 0 bridgehead atoms. The Kier molecular flexibility index (Phi) is 5.64. The molecule has 0 aromatic carbocycles. The smallest absolute Gasteiger partial charge is 0.0664 e. The fraction of sp³-hybridized carbons (Fsp3) is 0.583. The highest BCUT2D eigenvalue weighted by atomic mass is 16.5. The van der Waals surface area contributed by atoms with Gasteiger partial charge in [-0.05, 0) is 12.5 Å². The Bertz CT molecular complexity index is 298. The molecule has 4 heteroatoms. The van der Waals surface area contributed by atoms with Crippen molar-refractivity contribution in [3.63, 3.8) is 0 Å². The first-order valence-electron chi connectivity index (χ1n) is 5.68. The zero-order valence-electron chi connectivity index (χ0n) is 10.3. The molecule has 1 atom stereocenters. The number of rotatable bonds is 7. The van der Waals surface area contributed by atoms with Crippen LogP contribution in [0.25, 0.3) is 0 Å². The molecule has 2 N–H and O–H groups in total. The highest BCUT2D eigenvalue weighted by Gasteiger charge is 2.07. The van der Waals surface area contributed by atoms with Gasteiger partial charge in [-0.25, -0.2) is 0 Å². The van der Waals surface area contributed by atoms with Gasteiger partial charge in [0.2, 0.25) is 0 Å². The first-order chi connectivity index (χ1) is 7.80. The molecule has 1 aromatic rings. The van der Waals surface area contributed by atoms with Gasteiger partial charge in [0, 0.05) is 20.2 Å². The van der Waals surface area contributed by atoms with Crippen LogP contribution < -0.4 is 10.6 Å². The van der Waals surface area contributed by atoms with Crippen molar-refractivity contribution in [3.05, 3.63) is 18.5 Å². The average molecular weight is 223 g/mol. The zero-order valence-corrected chi connectivity index (χ0v) is 10.3. The van der Waals surface area contributed by atoms with E-state index >= 15 is 0 Å². The first kappa shape index (κ1) is 12.8. The van der Waals surface area contributed by atoms with E-state index in [1.807, 2.05) is 19.3 Å². The van der Waals surface area contributed by atoms with Crippen molar-refractivity contribution >= 4 is 11.4 Å². The number of hydrogen-bond donors (Lipinski definition) is 2. The summed E-state index contributed by atoms with van der Waals surface area (Å²) in [6.45, 7) is 2.89. The predicted octanol–water partition coefficient (Wildman–Crippen LogP) is 2.35. The molecule has 0 aliphatic rings. The Morgan fingerprint density at radius 2 is 2.12 bits per heavy atom. The lowest BCUT2D eigenvalue weighted by molar-refractivity contribution is 0.182. The van der Waals surface area contributed by atoms with E-state index in [9.17, 15) is 0 Å². The number of anilines is 2. The van der Waals surface area contributed by atoms with Gasteiger partial charge in [0.15, 0.2) is 0 Å². The number of aromatic nitrogens is 1. The van der Waals surface area contributed by atoms with E-state index < -0.39 is 0 Å². The minimum absolute atomic E-state index is 0.351. The Hall–Kier alpha value is -1.29. The molecular formula is C12H21N3O. The summed E-state index contributed by atoms with van der Waals surface area (Å²) in [5, 5.41) is 6.50. The summed E-state index contributed by atoms with van der Waals surface area (Å²) in [6.07, 6.45) is 5.87. The second-order valence-electron chi connectivity index (χ2n) is 3.80. The van der Waals surface area contributed by atoms with Crippen LogP contribution in [0.3, 0.4) is 0 Å². The van der Waals surface area contributed by atoms with Gasteiger partial charge in [-0.15, -0.1) is 0 Å². The van der Waals surface area contributed by atoms with Crippen molar-refractivity contribution in [2.75, 3.05) is 31.4 Å². The molecular weight excluding hydrogens is 202 g/mol. The molecule has 0 amide bonds. The van der Waals surface area contributed by atoms with Crippen molar-refractivity contribution in [2.45, 2.75) is 25.8 Å². The molecule has 0 radical (unpaired) electrons. The summed E-state index contributed by atoms with van der Waals surface area (Å²) in [5.41, 5.74) is 2.04. The monoisotopic (exact) mass is 223 g/mol. The molecule has 0 spiro atoms. The predicted molar refractivity (Wildman–Crippen MR) is 68.0 cm³/mol. The number of methoxy groups -OCH3 is 1. The number of hydrogen-bond acceptors (Lipinski definition) is 4. The topological polar surface area (TPSA) is 46.2 Å². The third kappa shape index (κ3) is 4.06. The molecule has 0 aliphatic heterocycles. The molecule has 4 nitrogen and oxygen atoms in total. The molecule has 1 heterocycles. The lowest BCUT2D eigenvalue weighted by Gasteiger charge is -2.18. The fourth-order valence-corrected chi connectivity index (χ4v) is 1.64. The van der Waals surface area contributed by atoms with Crippen LogP contribution in [-0.2, 0) is 4.74 Å². The summed E-state index contributed by atoms with van der Waals surface area (Å²) < 4.78 is 5.19. The summed E-state index contributed by atoms with van der Waals surface area (Å²) in [7, 11) is 3.62. The molecule has 1 unspecified atom stereocenters. The average Bonchev–Trinajstić information content (AvgIpc) is 2.30. The first-order valence-corrected chi connectivity index (χ1v) is 5.68. The largest absolute Gasteiger partial charge is 0.387 e. The Balaban J connectivity index is 2.60. The molecule has 90 valence electrons. The zero-order chi connectivity index (χ0) is 11.8. The molecule has 16 heavy (non-hydrogen) atoms. The Labute approximate surface area is 97.4 Å². The van der Waals surface area contributed by atoms with Crippen LogP contribution in [0.1, 0.15) is 19.8 Å². The van der Waals surface area contributed by atoms with Gasteiger partial charge in [0.05, 0.1) is 30.4 Å². The van der Waals surface area contributed by atoms with E-state index in [-0.39, 0.29) is 0 Å². The second kappa shape index (κ2) is 7.06. The van der Waals surface area contributed by atoms with Crippen LogP contribution >= 0.6 is 0 Å². The van der Waals surface area contributed by atoms with E-state index in [1.165, 1.54) is 0 Å². The van der Waals surface area contributed by atoms with Gasteiger partial charge in [0.25, 0.3) is 0 Å². The summed E-state index contributed by atoms with van der Waals surface area (Å²) in [4.78, 5) is 4.16. The lowest BCUT2D eigenvalue weighted by atomic mass is 10.1. The Morgan fingerprint density at radius 1 is 1.38 bits per heavy atom. The van der Waals surface area contributed by atoms with Gasteiger partial charge < -0.3 is 15.4 Å². The second-order valence-corrected chi connectivity index (χ2v) is 3.80.